The molecule has 118 valence electrons. The molecule has 2 rings (SSSR count). The third-order valence-electron chi connectivity index (χ3n) is 5.14. The number of amides is 1. The molecule has 3 atom stereocenters. The molecule has 0 aromatic heterocycles. The van der Waals surface area contributed by atoms with Crippen LogP contribution in [0.15, 0.2) is 0 Å². The molecule has 2 N–H and O–H groups in total. The Balaban J connectivity index is 0.00000200. The van der Waals surface area contributed by atoms with E-state index in [4.69, 9.17) is 0 Å². The quantitative estimate of drug-likeness (QED) is 0.819. The van der Waals surface area contributed by atoms with E-state index in [1.807, 2.05) is 0 Å². The maximum absolute atomic E-state index is 12.1. The van der Waals surface area contributed by atoms with Gasteiger partial charge in [-0.15, -0.1) is 12.4 Å². The fourth-order valence-corrected chi connectivity index (χ4v) is 3.71. The van der Waals surface area contributed by atoms with Gasteiger partial charge in [-0.25, -0.2) is 0 Å². The summed E-state index contributed by atoms with van der Waals surface area (Å²) in [6.07, 6.45) is 8.51. The lowest BCUT2D eigenvalue weighted by molar-refractivity contribution is -0.123. The minimum Gasteiger partial charge on any atom is -0.353 e. The van der Waals surface area contributed by atoms with Gasteiger partial charge in [-0.2, -0.15) is 0 Å². The normalized spacial score (nSPS) is 26.6. The van der Waals surface area contributed by atoms with Crippen molar-refractivity contribution in [3.8, 4) is 0 Å². The Morgan fingerprint density at radius 1 is 1.15 bits per heavy atom. The monoisotopic (exact) mass is 302 g/mol. The Bertz CT molecular complexity index is 286. The van der Waals surface area contributed by atoms with Crippen LogP contribution in [0.5, 0.6) is 0 Å². The summed E-state index contributed by atoms with van der Waals surface area (Å²) in [7, 11) is 0. The zero-order valence-electron chi connectivity index (χ0n) is 13.0. The smallest absolute Gasteiger partial charge is 0.220 e. The zero-order chi connectivity index (χ0) is 13.7. The molecule has 3 unspecified atom stereocenters. The molecule has 0 aromatic rings. The maximum Gasteiger partial charge on any atom is 0.220 e. The predicted molar refractivity (Wildman–Crippen MR) is 86.2 cm³/mol. The summed E-state index contributed by atoms with van der Waals surface area (Å²) in [5, 5.41) is 6.68. The SMILES string of the molecule is CC(CC(=O)NC(C)C1CCCC1)C1CCCNC1.Cl. The standard InChI is InChI=1S/C16H30N2O.ClH/c1-12(15-8-5-9-17-11-15)10-16(19)18-13(2)14-6-3-4-7-14;/h12-15,17H,3-11H2,1-2H3,(H,18,19);1H. The van der Waals surface area contributed by atoms with Gasteiger partial charge in [0.15, 0.2) is 0 Å². The fraction of sp³-hybridized carbons (Fsp3) is 0.938. The Morgan fingerprint density at radius 3 is 2.40 bits per heavy atom. The van der Waals surface area contributed by atoms with E-state index in [1.165, 1.54) is 38.5 Å². The maximum atomic E-state index is 12.1. The van der Waals surface area contributed by atoms with E-state index in [-0.39, 0.29) is 18.3 Å². The van der Waals surface area contributed by atoms with Crippen molar-refractivity contribution < 1.29 is 4.79 Å². The highest BCUT2D eigenvalue weighted by atomic mass is 35.5. The largest absolute Gasteiger partial charge is 0.353 e. The average Bonchev–Trinajstić information content (AvgIpc) is 2.93. The number of hydrogen-bond donors (Lipinski definition) is 2. The van der Waals surface area contributed by atoms with Gasteiger partial charge in [-0.05, 0) is 63.5 Å². The fourth-order valence-electron chi connectivity index (χ4n) is 3.71. The number of halogens is 1. The lowest BCUT2D eigenvalue weighted by Gasteiger charge is -2.29. The lowest BCUT2D eigenvalue weighted by atomic mass is 9.85. The van der Waals surface area contributed by atoms with Crippen LogP contribution in [0.3, 0.4) is 0 Å². The van der Waals surface area contributed by atoms with Crippen LogP contribution in [0.4, 0.5) is 0 Å². The van der Waals surface area contributed by atoms with Gasteiger partial charge in [0.2, 0.25) is 5.91 Å². The first-order valence-corrected chi connectivity index (χ1v) is 8.17. The van der Waals surface area contributed by atoms with Gasteiger partial charge in [0.05, 0.1) is 0 Å². The first kappa shape index (κ1) is 17.8. The molecule has 0 spiro atoms. The van der Waals surface area contributed by atoms with Gasteiger partial charge >= 0.3 is 0 Å². The molecule has 1 amide bonds. The van der Waals surface area contributed by atoms with E-state index in [0.29, 0.717) is 24.3 Å². The molecule has 0 bridgehead atoms. The van der Waals surface area contributed by atoms with Crippen molar-refractivity contribution in [3.05, 3.63) is 0 Å². The zero-order valence-corrected chi connectivity index (χ0v) is 13.8. The number of rotatable bonds is 5. The second kappa shape index (κ2) is 8.89. The number of piperidine rings is 1. The molecule has 1 saturated carbocycles. The Morgan fingerprint density at radius 2 is 1.80 bits per heavy atom. The first-order chi connectivity index (χ1) is 9.16. The Hall–Kier alpha value is -0.280. The molecule has 0 radical (unpaired) electrons. The van der Waals surface area contributed by atoms with Crippen molar-refractivity contribution in [3.63, 3.8) is 0 Å². The average molecular weight is 303 g/mol. The number of hydrogen-bond acceptors (Lipinski definition) is 2. The predicted octanol–water partition coefficient (Wildman–Crippen LogP) is 3.13. The summed E-state index contributed by atoms with van der Waals surface area (Å²) in [4.78, 5) is 12.1. The molecule has 1 aliphatic heterocycles. The molecular formula is C16H31ClN2O. The molecule has 4 heteroatoms. The molecule has 2 aliphatic rings. The van der Waals surface area contributed by atoms with E-state index in [1.54, 1.807) is 0 Å². The molecule has 0 aromatic carbocycles. The van der Waals surface area contributed by atoms with E-state index in [2.05, 4.69) is 24.5 Å². The Labute approximate surface area is 130 Å². The Kier molecular flexibility index (Phi) is 7.90. The molecule has 1 heterocycles. The molecular weight excluding hydrogens is 272 g/mol. The lowest BCUT2D eigenvalue weighted by Crippen LogP contribution is -2.40. The van der Waals surface area contributed by atoms with Crippen LogP contribution >= 0.6 is 12.4 Å². The van der Waals surface area contributed by atoms with E-state index in [9.17, 15) is 4.79 Å². The summed E-state index contributed by atoms with van der Waals surface area (Å²) in [5.41, 5.74) is 0. The van der Waals surface area contributed by atoms with Crippen molar-refractivity contribution in [2.45, 2.75) is 64.8 Å². The summed E-state index contributed by atoms with van der Waals surface area (Å²) >= 11 is 0. The van der Waals surface area contributed by atoms with Crippen molar-refractivity contribution in [1.82, 2.24) is 10.6 Å². The summed E-state index contributed by atoms with van der Waals surface area (Å²) < 4.78 is 0. The van der Waals surface area contributed by atoms with Gasteiger partial charge in [0.25, 0.3) is 0 Å². The van der Waals surface area contributed by atoms with Crippen LogP contribution in [0.25, 0.3) is 0 Å². The topological polar surface area (TPSA) is 41.1 Å². The minimum atomic E-state index is 0. The van der Waals surface area contributed by atoms with E-state index >= 15 is 0 Å². The van der Waals surface area contributed by atoms with Crippen molar-refractivity contribution in [2.75, 3.05) is 13.1 Å². The molecule has 1 aliphatic carbocycles. The van der Waals surface area contributed by atoms with Gasteiger partial charge in [-0.3, -0.25) is 4.79 Å². The highest BCUT2D eigenvalue weighted by molar-refractivity contribution is 5.85. The van der Waals surface area contributed by atoms with Gasteiger partial charge < -0.3 is 10.6 Å². The van der Waals surface area contributed by atoms with Gasteiger partial charge in [0, 0.05) is 12.5 Å². The first-order valence-electron chi connectivity index (χ1n) is 8.17. The molecule has 3 nitrogen and oxygen atoms in total. The summed E-state index contributed by atoms with van der Waals surface area (Å²) in [6.45, 7) is 6.65. The number of carbonyl (C=O) groups is 1. The number of nitrogens with one attached hydrogen (secondary N) is 2. The summed E-state index contributed by atoms with van der Waals surface area (Å²) in [6, 6.07) is 0.367. The van der Waals surface area contributed by atoms with Crippen molar-refractivity contribution >= 4 is 18.3 Å². The number of carbonyl (C=O) groups excluding carboxylic acids is 1. The highest BCUT2D eigenvalue weighted by Gasteiger charge is 2.25. The van der Waals surface area contributed by atoms with Crippen LogP contribution < -0.4 is 10.6 Å². The van der Waals surface area contributed by atoms with Crippen LogP contribution in [0, 0.1) is 17.8 Å². The van der Waals surface area contributed by atoms with Crippen molar-refractivity contribution in [1.29, 1.82) is 0 Å². The molecule has 2 fully saturated rings. The van der Waals surface area contributed by atoms with Crippen molar-refractivity contribution in [2.24, 2.45) is 17.8 Å². The van der Waals surface area contributed by atoms with Gasteiger partial charge in [-0.1, -0.05) is 19.8 Å². The second-order valence-electron chi connectivity index (χ2n) is 6.69. The van der Waals surface area contributed by atoms with E-state index < -0.39 is 0 Å². The van der Waals surface area contributed by atoms with Crippen LogP contribution in [0.1, 0.15) is 58.8 Å². The molecule has 1 saturated heterocycles. The van der Waals surface area contributed by atoms with Crippen LogP contribution in [0.2, 0.25) is 0 Å². The molecule has 20 heavy (non-hydrogen) atoms. The van der Waals surface area contributed by atoms with E-state index in [0.717, 1.165) is 19.0 Å². The van der Waals surface area contributed by atoms with Gasteiger partial charge in [0.1, 0.15) is 0 Å². The third kappa shape index (κ3) is 5.25. The second-order valence-corrected chi connectivity index (χ2v) is 6.69. The highest BCUT2D eigenvalue weighted by Crippen LogP contribution is 2.28. The van der Waals surface area contributed by atoms with Crippen LogP contribution in [-0.4, -0.2) is 25.0 Å². The third-order valence-corrected chi connectivity index (χ3v) is 5.14. The summed E-state index contributed by atoms with van der Waals surface area (Å²) in [5.74, 6) is 2.16. The minimum absolute atomic E-state index is 0. The van der Waals surface area contributed by atoms with Crippen LogP contribution in [-0.2, 0) is 4.79 Å².